The van der Waals surface area contributed by atoms with Crippen molar-refractivity contribution in [1.82, 2.24) is 0 Å². The molecule has 61 valence electrons. The maximum absolute atomic E-state index is 4.75. The first-order valence-corrected chi connectivity index (χ1v) is 4.61. The summed E-state index contributed by atoms with van der Waals surface area (Å²) in [6, 6.07) is 0. The van der Waals surface area contributed by atoms with E-state index in [-0.39, 0.29) is 0 Å². The highest BCUT2D eigenvalue weighted by Gasteiger charge is 1.87. The molecule has 0 aliphatic heterocycles. The summed E-state index contributed by atoms with van der Waals surface area (Å²) in [7, 11) is 2.98. The van der Waals surface area contributed by atoms with E-state index in [2.05, 4.69) is 16.4 Å². The number of hydrogen-bond acceptors (Lipinski definition) is 1. The van der Waals surface area contributed by atoms with Gasteiger partial charge in [-0.3, -0.25) is 0 Å². The minimum Gasteiger partial charge on any atom is -0.356 e. The van der Waals surface area contributed by atoms with Crippen LogP contribution in [0.5, 0.6) is 0 Å². The van der Waals surface area contributed by atoms with E-state index in [1.807, 2.05) is 0 Å². The van der Waals surface area contributed by atoms with Gasteiger partial charge in [-0.15, -0.1) is 0 Å². The third-order valence-electron chi connectivity index (χ3n) is 1.60. The Morgan fingerprint density at radius 2 is 1.60 bits per heavy atom. The fourth-order valence-electron chi connectivity index (χ4n) is 0.955. The summed E-state index contributed by atoms with van der Waals surface area (Å²) in [5.41, 5.74) is 0. The van der Waals surface area contributed by atoms with E-state index >= 15 is 0 Å². The highest BCUT2D eigenvalue weighted by Crippen LogP contribution is 2.05. The van der Waals surface area contributed by atoms with E-state index in [0.717, 1.165) is 6.61 Å². The van der Waals surface area contributed by atoms with Gasteiger partial charge in [-0.1, -0.05) is 39.0 Å². The zero-order valence-electron chi connectivity index (χ0n) is 6.86. The normalized spacial score (nSPS) is 10.2. The molecule has 0 atom stereocenters. The molecule has 0 unspecified atom stereocenters. The molecule has 0 bridgehead atoms. The molecule has 0 aromatic heterocycles. The van der Waals surface area contributed by atoms with Crippen molar-refractivity contribution in [2.75, 3.05) is 6.61 Å². The van der Waals surface area contributed by atoms with Gasteiger partial charge >= 0.3 is 0 Å². The van der Waals surface area contributed by atoms with Crippen LogP contribution in [0.25, 0.3) is 0 Å². The van der Waals surface area contributed by atoms with Crippen molar-refractivity contribution in [3.63, 3.8) is 0 Å². The molecule has 10 heavy (non-hydrogen) atoms. The summed E-state index contributed by atoms with van der Waals surface area (Å²) in [5.74, 6) is 0. The summed E-state index contributed by atoms with van der Waals surface area (Å²) >= 11 is 0. The topological polar surface area (TPSA) is 9.23 Å². The van der Waals surface area contributed by atoms with Crippen molar-refractivity contribution in [2.45, 2.75) is 45.4 Å². The zero-order chi connectivity index (χ0) is 7.66. The Morgan fingerprint density at radius 1 is 1.00 bits per heavy atom. The predicted molar refractivity (Wildman–Crippen MR) is 47.6 cm³/mol. The SMILES string of the molecule is CCCCCCCCO[PH]. The summed E-state index contributed by atoms with van der Waals surface area (Å²) in [6.07, 6.45) is 7.96. The van der Waals surface area contributed by atoms with Crippen LogP contribution in [0.2, 0.25) is 0 Å². The zero-order valence-corrected chi connectivity index (χ0v) is 7.86. The largest absolute Gasteiger partial charge is 0.356 e. The molecule has 0 saturated heterocycles. The van der Waals surface area contributed by atoms with Gasteiger partial charge in [0.05, 0.1) is 16.1 Å². The van der Waals surface area contributed by atoms with E-state index in [1.54, 1.807) is 0 Å². The van der Waals surface area contributed by atoms with E-state index in [1.165, 1.54) is 38.5 Å². The lowest BCUT2D eigenvalue weighted by molar-refractivity contribution is 0.353. The Labute approximate surface area is 66.8 Å². The molecule has 1 nitrogen and oxygen atoms in total. The van der Waals surface area contributed by atoms with Gasteiger partial charge < -0.3 is 4.52 Å². The number of rotatable bonds is 7. The van der Waals surface area contributed by atoms with Gasteiger partial charge in [0.15, 0.2) is 0 Å². The van der Waals surface area contributed by atoms with Crippen LogP contribution in [0.4, 0.5) is 0 Å². The van der Waals surface area contributed by atoms with Crippen molar-refractivity contribution in [3.05, 3.63) is 0 Å². The van der Waals surface area contributed by atoms with Crippen LogP contribution < -0.4 is 0 Å². The van der Waals surface area contributed by atoms with Gasteiger partial charge in [-0.2, -0.15) is 0 Å². The molecule has 0 fully saturated rings. The Bertz CT molecular complexity index is 49.2. The molecular weight excluding hydrogens is 143 g/mol. The average molecular weight is 161 g/mol. The lowest BCUT2D eigenvalue weighted by Crippen LogP contribution is -1.84. The summed E-state index contributed by atoms with van der Waals surface area (Å²) in [4.78, 5) is 0. The third-order valence-corrected chi connectivity index (χ3v) is 1.80. The molecule has 0 amide bonds. The Morgan fingerprint density at radius 3 is 2.20 bits per heavy atom. The van der Waals surface area contributed by atoms with Crippen LogP contribution in [0.3, 0.4) is 0 Å². The molecular formula is C8H18OP. The lowest BCUT2D eigenvalue weighted by Gasteiger charge is -1.98. The van der Waals surface area contributed by atoms with Crippen LogP contribution >= 0.6 is 9.47 Å². The first-order valence-electron chi connectivity index (χ1n) is 4.20. The van der Waals surface area contributed by atoms with Gasteiger partial charge in [0, 0.05) is 0 Å². The van der Waals surface area contributed by atoms with Crippen LogP contribution in [-0.2, 0) is 4.52 Å². The number of unbranched alkanes of at least 4 members (excludes halogenated alkanes) is 5. The van der Waals surface area contributed by atoms with E-state index < -0.39 is 0 Å². The van der Waals surface area contributed by atoms with Gasteiger partial charge in [0.2, 0.25) is 0 Å². The molecule has 1 radical (unpaired) electrons. The quantitative estimate of drug-likeness (QED) is 0.410. The second-order valence-corrected chi connectivity index (χ2v) is 2.90. The number of hydrogen-bond donors (Lipinski definition) is 0. The summed E-state index contributed by atoms with van der Waals surface area (Å²) in [6.45, 7) is 3.09. The minimum absolute atomic E-state index is 0.850. The standard InChI is InChI=1S/C8H18OP/c1-2-3-4-5-6-7-8-9-10/h10H,2-8H2,1H3. The van der Waals surface area contributed by atoms with Crippen LogP contribution in [0.15, 0.2) is 0 Å². The molecule has 0 aromatic rings. The Hall–Kier alpha value is 0.390. The van der Waals surface area contributed by atoms with Gasteiger partial charge in [0.25, 0.3) is 0 Å². The fraction of sp³-hybridized carbons (Fsp3) is 1.00. The predicted octanol–water partition coefficient (Wildman–Crippen LogP) is 3.42. The van der Waals surface area contributed by atoms with Crippen LogP contribution in [0.1, 0.15) is 45.4 Å². The smallest absolute Gasteiger partial charge is 0.0641 e. The monoisotopic (exact) mass is 161 g/mol. The average Bonchev–Trinajstić information content (AvgIpc) is 1.97. The van der Waals surface area contributed by atoms with Crippen molar-refractivity contribution in [2.24, 2.45) is 0 Å². The second kappa shape index (κ2) is 9.39. The summed E-state index contributed by atoms with van der Waals surface area (Å²) in [5, 5.41) is 0. The van der Waals surface area contributed by atoms with Gasteiger partial charge in [0.1, 0.15) is 0 Å². The highest BCUT2D eigenvalue weighted by molar-refractivity contribution is 7.09. The van der Waals surface area contributed by atoms with E-state index in [0.29, 0.717) is 0 Å². The fourth-order valence-corrected chi connectivity index (χ4v) is 1.10. The maximum atomic E-state index is 4.75. The Balaban J connectivity index is 2.65. The lowest BCUT2D eigenvalue weighted by atomic mass is 10.1. The summed E-state index contributed by atoms with van der Waals surface area (Å²) < 4.78 is 4.75. The van der Waals surface area contributed by atoms with Crippen molar-refractivity contribution in [1.29, 1.82) is 0 Å². The van der Waals surface area contributed by atoms with Crippen LogP contribution in [-0.4, -0.2) is 6.61 Å². The Kier molecular flexibility index (Phi) is 9.76. The minimum atomic E-state index is 0.850. The van der Waals surface area contributed by atoms with Crippen LogP contribution in [0, 0.1) is 0 Å². The highest BCUT2D eigenvalue weighted by atomic mass is 31.0. The van der Waals surface area contributed by atoms with Crippen molar-refractivity contribution < 1.29 is 4.52 Å². The molecule has 0 saturated carbocycles. The molecule has 0 aliphatic carbocycles. The molecule has 0 N–H and O–H groups in total. The van der Waals surface area contributed by atoms with Gasteiger partial charge in [-0.25, -0.2) is 0 Å². The van der Waals surface area contributed by atoms with Gasteiger partial charge in [-0.05, 0) is 6.42 Å². The maximum Gasteiger partial charge on any atom is 0.0641 e. The molecule has 0 rings (SSSR count). The molecule has 0 heterocycles. The second-order valence-electron chi connectivity index (χ2n) is 2.62. The molecule has 0 aromatic carbocycles. The molecule has 0 spiro atoms. The third kappa shape index (κ3) is 8.39. The van der Waals surface area contributed by atoms with Crippen molar-refractivity contribution in [3.8, 4) is 0 Å². The van der Waals surface area contributed by atoms with E-state index in [4.69, 9.17) is 4.52 Å². The first-order chi connectivity index (χ1) is 4.91. The molecule has 2 heteroatoms. The molecule has 0 aliphatic rings. The van der Waals surface area contributed by atoms with E-state index in [9.17, 15) is 0 Å². The van der Waals surface area contributed by atoms with Crippen molar-refractivity contribution >= 4 is 9.47 Å². The first kappa shape index (κ1) is 10.4.